The third-order valence-corrected chi connectivity index (χ3v) is 5.57. The molecule has 1 aliphatic heterocycles. The summed E-state index contributed by atoms with van der Waals surface area (Å²) in [4.78, 5) is 19.0. The van der Waals surface area contributed by atoms with E-state index in [0.29, 0.717) is 11.7 Å². The topological polar surface area (TPSA) is 69.3 Å². The Morgan fingerprint density at radius 3 is 2.29 bits per heavy atom. The Balaban J connectivity index is 1.28. The number of pyridine rings is 1. The maximum atomic E-state index is 12.1. The van der Waals surface area contributed by atoms with Gasteiger partial charge in [0.15, 0.2) is 0 Å². The lowest BCUT2D eigenvalue weighted by atomic mass is 9.96. The molecule has 2 aromatic rings. The van der Waals surface area contributed by atoms with Gasteiger partial charge in [-0.1, -0.05) is 19.3 Å². The lowest BCUT2D eigenvalue weighted by Gasteiger charge is -2.22. The van der Waals surface area contributed by atoms with E-state index in [2.05, 4.69) is 50.1 Å². The second-order valence-corrected chi connectivity index (χ2v) is 7.73. The lowest BCUT2D eigenvalue weighted by Crippen LogP contribution is -2.39. The van der Waals surface area contributed by atoms with Gasteiger partial charge in [0.05, 0.1) is 11.9 Å². The average molecular weight is 380 g/mol. The van der Waals surface area contributed by atoms with Crippen LogP contribution in [0.3, 0.4) is 0 Å². The fourth-order valence-electron chi connectivity index (χ4n) is 4.02. The molecule has 0 atom stereocenters. The molecule has 1 aliphatic carbocycles. The number of hydrogen-bond donors (Lipinski definition) is 3. The molecule has 6 heteroatoms. The maximum Gasteiger partial charge on any atom is 0.319 e. The molecular weight excluding hydrogens is 350 g/mol. The molecule has 0 spiro atoms. The van der Waals surface area contributed by atoms with E-state index in [4.69, 9.17) is 0 Å². The fraction of sp³-hybridized carbons (Fsp3) is 0.455. The number of anilines is 4. The smallest absolute Gasteiger partial charge is 0.319 e. The van der Waals surface area contributed by atoms with Crippen molar-refractivity contribution in [1.29, 1.82) is 0 Å². The van der Waals surface area contributed by atoms with Crippen molar-refractivity contribution >= 4 is 28.9 Å². The van der Waals surface area contributed by atoms with Crippen LogP contribution < -0.4 is 20.9 Å². The first-order valence-electron chi connectivity index (χ1n) is 10.4. The Morgan fingerprint density at radius 1 is 0.893 bits per heavy atom. The molecule has 28 heavy (non-hydrogen) atoms. The van der Waals surface area contributed by atoms with Gasteiger partial charge in [-0.3, -0.25) is 0 Å². The van der Waals surface area contributed by atoms with Crippen LogP contribution in [0.1, 0.15) is 44.9 Å². The number of nitrogens with zero attached hydrogens (tertiary/aromatic N) is 2. The van der Waals surface area contributed by atoms with Crippen LogP contribution in [-0.2, 0) is 0 Å². The van der Waals surface area contributed by atoms with Crippen molar-refractivity contribution in [2.45, 2.75) is 51.0 Å². The monoisotopic (exact) mass is 379 g/mol. The molecule has 6 nitrogen and oxygen atoms in total. The lowest BCUT2D eigenvalue weighted by molar-refractivity contribution is 0.244. The minimum atomic E-state index is -0.146. The Kier molecular flexibility index (Phi) is 5.95. The number of nitrogens with one attached hydrogen (secondary N) is 3. The van der Waals surface area contributed by atoms with Gasteiger partial charge in [0.25, 0.3) is 0 Å². The van der Waals surface area contributed by atoms with Crippen LogP contribution in [0.5, 0.6) is 0 Å². The number of benzene rings is 1. The molecule has 2 aliphatic rings. The summed E-state index contributed by atoms with van der Waals surface area (Å²) in [5.74, 6) is 0.757. The minimum absolute atomic E-state index is 0.146. The molecule has 1 aromatic carbocycles. The van der Waals surface area contributed by atoms with Crippen LogP contribution in [0.4, 0.5) is 27.7 Å². The van der Waals surface area contributed by atoms with E-state index in [9.17, 15) is 4.79 Å². The van der Waals surface area contributed by atoms with Crippen LogP contribution in [0.25, 0.3) is 0 Å². The summed E-state index contributed by atoms with van der Waals surface area (Å²) in [6.45, 7) is 2.30. The molecule has 4 rings (SSSR count). The Hall–Kier alpha value is -2.76. The number of hydrogen-bond acceptors (Lipinski definition) is 4. The maximum absolute atomic E-state index is 12.1. The van der Waals surface area contributed by atoms with E-state index < -0.39 is 0 Å². The Bertz CT molecular complexity index is 763. The van der Waals surface area contributed by atoms with E-state index in [-0.39, 0.29) is 6.03 Å². The highest BCUT2D eigenvalue weighted by molar-refractivity contribution is 5.89. The SMILES string of the molecule is O=C(Nc1ccc(Nc2ccc(N3CCCC3)cc2)nc1)NC1CCCCC1. The summed E-state index contributed by atoms with van der Waals surface area (Å²) in [7, 11) is 0. The number of aromatic nitrogens is 1. The first-order chi connectivity index (χ1) is 13.8. The number of carbonyl (C=O) groups is 1. The number of amides is 2. The van der Waals surface area contributed by atoms with Gasteiger partial charge in [-0.2, -0.15) is 0 Å². The van der Waals surface area contributed by atoms with Crippen molar-refractivity contribution < 1.29 is 4.79 Å². The summed E-state index contributed by atoms with van der Waals surface area (Å²) in [6.07, 6.45) is 10.1. The van der Waals surface area contributed by atoms with Gasteiger partial charge in [0.2, 0.25) is 0 Å². The largest absolute Gasteiger partial charge is 0.372 e. The summed E-state index contributed by atoms with van der Waals surface area (Å²) in [5, 5.41) is 9.24. The first-order valence-corrected chi connectivity index (χ1v) is 10.4. The minimum Gasteiger partial charge on any atom is -0.372 e. The van der Waals surface area contributed by atoms with Gasteiger partial charge < -0.3 is 20.9 Å². The van der Waals surface area contributed by atoms with Crippen LogP contribution in [-0.4, -0.2) is 30.1 Å². The highest BCUT2D eigenvalue weighted by Crippen LogP contribution is 2.24. The average Bonchev–Trinajstić information content (AvgIpc) is 3.26. The molecule has 0 unspecified atom stereocenters. The normalized spacial score (nSPS) is 17.4. The number of rotatable bonds is 5. The van der Waals surface area contributed by atoms with E-state index in [0.717, 1.165) is 37.4 Å². The predicted octanol–water partition coefficient (Wildman–Crippen LogP) is 4.88. The molecule has 1 saturated carbocycles. The van der Waals surface area contributed by atoms with Crippen molar-refractivity contribution in [3.8, 4) is 0 Å². The fourth-order valence-corrected chi connectivity index (χ4v) is 4.02. The molecule has 2 fully saturated rings. The van der Waals surface area contributed by atoms with Crippen molar-refractivity contribution in [3.63, 3.8) is 0 Å². The van der Waals surface area contributed by atoms with Crippen LogP contribution in [0.2, 0.25) is 0 Å². The molecule has 3 N–H and O–H groups in total. The van der Waals surface area contributed by atoms with Crippen LogP contribution >= 0.6 is 0 Å². The van der Waals surface area contributed by atoms with Crippen molar-refractivity contribution in [2.24, 2.45) is 0 Å². The second kappa shape index (κ2) is 8.95. The number of carbonyl (C=O) groups excluding carboxylic acids is 1. The molecule has 2 amide bonds. The molecule has 1 aromatic heterocycles. The summed E-state index contributed by atoms with van der Waals surface area (Å²) in [6, 6.07) is 12.4. The molecule has 148 valence electrons. The summed E-state index contributed by atoms with van der Waals surface area (Å²) in [5.41, 5.74) is 2.98. The van der Waals surface area contributed by atoms with Crippen molar-refractivity contribution in [3.05, 3.63) is 42.6 Å². The van der Waals surface area contributed by atoms with Crippen molar-refractivity contribution in [2.75, 3.05) is 28.6 Å². The molecule has 0 bridgehead atoms. The van der Waals surface area contributed by atoms with Gasteiger partial charge in [-0.15, -0.1) is 0 Å². The highest BCUT2D eigenvalue weighted by Gasteiger charge is 2.15. The van der Waals surface area contributed by atoms with E-state index in [1.165, 1.54) is 37.8 Å². The zero-order chi connectivity index (χ0) is 19.2. The summed E-state index contributed by atoms with van der Waals surface area (Å²) < 4.78 is 0. The van der Waals surface area contributed by atoms with Gasteiger partial charge in [-0.25, -0.2) is 9.78 Å². The molecule has 2 heterocycles. The van der Waals surface area contributed by atoms with E-state index in [1.54, 1.807) is 6.20 Å². The third-order valence-electron chi connectivity index (χ3n) is 5.57. The molecular formula is C22H29N5O. The van der Waals surface area contributed by atoms with Crippen LogP contribution in [0.15, 0.2) is 42.6 Å². The van der Waals surface area contributed by atoms with Crippen LogP contribution in [0, 0.1) is 0 Å². The highest BCUT2D eigenvalue weighted by atomic mass is 16.2. The van der Waals surface area contributed by atoms with Gasteiger partial charge in [-0.05, 0) is 62.1 Å². The quantitative estimate of drug-likeness (QED) is 0.692. The van der Waals surface area contributed by atoms with E-state index >= 15 is 0 Å². The zero-order valence-corrected chi connectivity index (χ0v) is 16.3. The summed E-state index contributed by atoms with van der Waals surface area (Å²) >= 11 is 0. The van der Waals surface area contributed by atoms with Gasteiger partial charge >= 0.3 is 6.03 Å². The van der Waals surface area contributed by atoms with Gasteiger partial charge in [0, 0.05) is 30.5 Å². The zero-order valence-electron chi connectivity index (χ0n) is 16.3. The third kappa shape index (κ3) is 4.94. The second-order valence-electron chi connectivity index (χ2n) is 7.73. The molecule has 0 radical (unpaired) electrons. The van der Waals surface area contributed by atoms with Crippen molar-refractivity contribution in [1.82, 2.24) is 10.3 Å². The Morgan fingerprint density at radius 2 is 1.61 bits per heavy atom. The van der Waals surface area contributed by atoms with E-state index in [1.807, 2.05) is 12.1 Å². The Labute approximate surface area is 166 Å². The standard InChI is InChI=1S/C22H29N5O/c28-22(25-17-6-2-1-3-7-17)26-19-10-13-21(23-16-19)24-18-8-11-20(12-9-18)27-14-4-5-15-27/h8-13,16-17H,1-7,14-15H2,(H,23,24)(H2,25,26,28). The van der Waals surface area contributed by atoms with Gasteiger partial charge in [0.1, 0.15) is 5.82 Å². The molecule has 1 saturated heterocycles. The predicted molar refractivity (Wildman–Crippen MR) is 114 cm³/mol. The first kappa shape index (κ1) is 18.6. The number of urea groups is 1.